The summed E-state index contributed by atoms with van der Waals surface area (Å²) in [6, 6.07) is 3.28. The molecule has 98 valence electrons. The van der Waals surface area contributed by atoms with Crippen molar-refractivity contribution in [2.24, 2.45) is 5.92 Å². The van der Waals surface area contributed by atoms with Crippen LogP contribution in [0.1, 0.15) is 23.2 Å². The van der Waals surface area contributed by atoms with Crippen LogP contribution in [0, 0.1) is 5.92 Å². The lowest BCUT2D eigenvalue weighted by Crippen LogP contribution is -2.36. The van der Waals surface area contributed by atoms with Crippen LogP contribution in [0.5, 0.6) is 0 Å². The van der Waals surface area contributed by atoms with Crippen molar-refractivity contribution in [3.63, 3.8) is 0 Å². The number of rotatable bonds is 3. The summed E-state index contributed by atoms with van der Waals surface area (Å²) in [6.07, 6.45) is 3.85. The van der Waals surface area contributed by atoms with E-state index in [9.17, 15) is 4.79 Å². The van der Waals surface area contributed by atoms with Crippen LogP contribution in [-0.4, -0.2) is 42.5 Å². The zero-order chi connectivity index (χ0) is 13.0. The number of hydrogen-bond donors (Lipinski definition) is 2. The van der Waals surface area contributed by atoms with Gasteiger partial charge >= 0.3 is 0 Å². The second kappa shape index (κ2) is 5.82. The van der Waals surface area contributed by atoms with Crippen LogP contribution in [-0.2, 0) is 0 Å². The molecule has 0 saturated carbocycles. The molecular formula is C13H20N4O. The molecule has 5 heteroatoms. The van der Waals surface area contributed by atoms with Gasteiger partial charge in [0.15, 0.2) is 0 Å². The van der Waals surface area contributed by atoms with Gasteiger partial charge < -0.3 is 16.0 Å². The monoisotopic (exact) mass is 248 g/mol. The highest BCUT2D eigenvalue weighted by Gasteiger charge is 2.17. The lowest BCUT2D eigenvalue weighted by Gasteiger charge is -2.28. The molecule has 0 bridgehead atoms. The zero-order valence-electron chi connectivity index (χ0n) is 10.7. The Hall–Kier alpha value is -1.62. The molecule has 1 amide bonds. The van der Waals surface area contributed by atoms with E-state index in [1.807, 2.05) is 0 Å². The summed E-state index contributed by atoms with van der Waals surface area (Å²) in [7, 11) is 2.13. The van der Waals surface area contributed by atoms with Crippen LogP contribution in [0.3, 0.4) is 0 Å². The summed E-state index contributed by atoms with van der Waals surface area (Å²) in [5.41, 5.74) is 6.13. The van der Waals surface area contributed by atoms with Crippen molar-refractivity contribution in [1.82, 2.24) is 15.2 Å². The van der Waals surface area contributed by atoms with E-state index in [0.29, 0.717) is 17.3 Å². The molecule has 1 fully saturated rings. The molecule has 1 aliphatic heterocycles. The molecule has 2 heterocycles. The van der Waals surface area contributed by atoms with Gasteiger partial charge in [-0.3, -0.25) is 4.79 Å². The van der Waals surface area contributed by atoms with E-state index in [2.05, 4.69) is 22.2 Å². The maximum Gasteiger partial charge on any atom is 0.251 e. The smallest absolute Gasteiger partial charge is 0.251 e. The molecule has 0 atom stereocenters. The Labute approximate surface area is 107 Å². The fraction of sp³-hybridized carbons (Fsp3) is 0.538. The van der Waals surface area contributed by atoms with Gasteiger partial charge in [-0.05, 0) is 51.0 Å². The second-order valence-corrected chi connectivity index (χ2v) is 4.93. The number of amides is 1. The molecule has 1 aliphatic rings. The number of anilines is 1. The fourth-order valence-electron chi connectivity index (χ4n) is 2.19. The first-order valence-electron chi connectivity index (χ1n) is 6.33. The van der Waals surface area contributed by atoms with E-state index >= 15 is 0 Å². The van der Waals surface area contributed by atoms with E-state index < -0.39 is 0 Å². The number of nitrogens with two attached hydrogens (primary N) is 1. The minimum absolute atomic E-state index is 0.0666. The Morgan fingerprint density at radius 1 is 1.56 bits per heavy atom. The third kappa shape index (κ3) is 3.43. The van der Waals surface area contributed by atoms with Crippen molar-refractivity contribution in [2.45, 2.75) is 12.8 Å². The van der Waals surface area contributed by atoms with Crippen LogP contribution in [0.4, 0.5) is 5.82 Å². The predicted octanol–water partition coefficient (Wildman–Crippen LogP) is 0.735. The predicted molar refractivity (Wildman–Crippen MR) is 71.2 cm³/mol. The first kappa shape index (κ1) is 12.8. The van der Waals surface area contributed by atoms with Crippen molar-refractivity contribution < 1.29 is 4.79 Å². The standard InChI is InChI=1S/C13H20N4O/c1-17-6-3-10(4-7-17)9-16-13(18)11-2-5-15-12(14)8-11/h2,5,8,10H,3-4,6-7,9H2,1H3,(H2,14,15)(H,16,18). The Bertz CT molecular complexity index is 413. The van der Waals surface area contributed by atoms with E-state index in [1.54, 1.807) is 18.3 Å². The number of hydrogen-bond acceptors (Lipinski definition) is 4. The summed E-state index contributed by atoms with van der Waals surface area (Å²) in [5, 5.41) is 2.97. The van der Waals surface area contributed by atoms with Gasteiger partial charge in [-0.2, -0.15) is 0 Å². The minimum atomic E-state index is -0.0666. The number of likely N-dealkylation sites (tertiary alicyclic amines) is 1. The largest absolute Gasteiger partial charge is 0.384 e. The SMILES string of the molecule is CN1CCC(CNC(=O)c2ccnc(N)c2)CC1. The molecule has 18 heavy (non-hydrogen) atoms. The number of nitrogen functional groups attached to an aromatic ring is 1. The van der Waals surface area contributed by atoms with Crippen LogP contribution in [0.15, 0.2) is 18.3 Å². The third-order valence-electron chi connectivity index (χ3n) is 3.43. The van der Waals surface area contributed by atoms with E-state index in [-0.39, 0.29) is 5.91 Å². The van der Waals surface area contributed by atoms with E-state index in [0.717, 1.165) is 32.5 Å². The average molecular weight is 248 g/mol. The molecular weight excluding hydrogens is 228 g/mol. The first-order chi connectivity index (χ1) is 8.65. The Kier molecular flexibility index (Phi) is 4.15. The number of piperidine rings is 1. The molecule has 2 rings (SSSR count). The van der Waals surface area contributed by atoms with Crippen molar-refractivity contribution in [2.75, 3.05) is 32.4 Å². The number of pyridine rings is 1. The lowest BCUT2D eigenvalue weighted by molar-refractivity contribution is 0.0939. The summed E-state index contributed by atoms with van der Waals surface area (Å²) in [4.78, 5) is 18.1. The maximum atomic E-state index is 11.9. The fourth-order valence-corrected chi connectivity index (χ4v) is 2.19. The third-order valence-corrected chi connectivity index (χ3v) is 3.43. The van der Waals surface area contributed by atoms with Crippen molar-refractivity contribution >= 4 is 11.7 Å². The molecule has 0 radical (unpaired) electrons. The number of nitrogens with one attached hydrogen (secondary N) is 1. The summed E-state index contributed by atoms with van der Waals surface area (Å²) in [6.45, 7) is 2.97. The van der Waals surface area contributed by atoms with Gasteiger partial charge in [-0.15, -0.1) is 0 Å². The molecule has 0 unspecified atom stereocenters. The Morgan fingerprint density at radius 2 is 2.28 bits per heavy atom. The number of aromatic nitrogens is 1. The van der Waals surface area contributed by atoms with Gasteiger partial charge in [0, 0.05) is 18.3 Å². The summed E-state index contributed by atoms with van der Waals surface area (Å²) >= 11 is 0. The van der Waals surface area contributed by atoms with Gasteiger partial charge in [0.25, 0.3) is 5.91 Å². The highest BCUT2D eigenvalue weighted by atomic mass is 16.1. The van der Waals surface area contributed by atoms with Crippen LogP contribution >= 0.6 is 0 Å². The molecule has 0 aromatic carbocycles. The normalized spacial score (nSPS) is 17.6. The van der Waals surface area contributed by atoms with Crippen molar-refractivity contribution in [3.8, 4) is 0 Å². The van der Waals surface area contributed by atoms with Crippen LogP contribution in [0.25, 0.3) is 0 Å². The number of carbonyl (C=O) groups is 1. The Balaban J connectivity index is 1.81. The van der Waals surface area contributed by atoms with Gasteiger partial charge in [0.1, 0.15) is 5.82 Å². The minimum Gasteiger partial charge on any atom is -0.384 e. The lowest BCUT2D eigenvalue weighted by atomic mass is 9.97. The number of nitrogens with zero attached hydrogens (tertiary/aromatic N) is 2. The van der Waals surface area contributed by atoms with Gasteiger partial charge in [-0.25, -0.2) is 4.98 Å². The van der Waals surface area contributed by atoms with Crippen LogP contribution < -0.4 is 11.1 Å². The van der Waals surface area contributed by atoms with Gasteiger partial charge in [0.05, 0.1) is 0 Å². The highest BCUT2D eigenvalue weighted by molar-refractivity contribution is 5.94. The molecule has 3 N–H and O–H groups in total. The van der Waals surface area contributed by atoms with Crippen molar-refractivity contribution in [3.05, 3.63) is 23.9 Å². The number of carbonyl (C=O) groups excluding carboxylic acids is 1. The van der Waals surface area contributed by atoms with Gasteiger partial charge in [0.2, 0.25) is 0 Å². The average Bonchev–Trinajstić information content (AvgIpc) is 2.38. The molecule has 1 aromatic heterocycles. The van der Waals surface area contributed by atoms with E-state index in [4.69, 9.17) is 5.73 Å². The topological polar surface area (TPSA) is 71.2 Å². The van der Waals surface area contributed by atoms with Crippen LogP contribution in [0.2, 0.25) is 0 Å². The molecule has 1 saturated heterocycles. The second-order valence-electron chi connectivity index (χ2n) is 4.93. The summed E-state index contributed by atoms with van der Waals surface area (Å²) in [5.74, 6) is 0.898. The molecule has 1 aromatic rings. The summed E-state index contributed by atoms with van der Waals surface area (Å²) < 4.78 is 0. The molecule has 5 nitrogen and oxygen atoms in total. The first-order valence-corrected chi connectivity index (χ1v) is 6.33. The van der Waals surface area contributed by atoms with E-state index in [1.165, 1.54) is 0 Å². The zero-order valence-corrected chi connectivity index (χ0v) is 10.7. The highest BCUT2D eigenvalue weighted by Crippen LogP contribution is 2.15. The van der Waals surface area contributed by atoms with Gasteiger partial charge in [-0.1, -0.05) is 0 Å². The Morgan fingerprint density at radius 3 is 2.94 bits per heavy atom. The van der Waals surface area contributed by atoms with Crippen molar-refractivity contribution in [1.29, 1.82) is 0 Å². The molecule has 0 spiro atoms. The maximum absolute atomic E-state index is 11.9. The quantitative estimate of drug-likeness (QED) is 0.827. The molecule has 0 aliphatic carbocycles.